The average Bonchev–Trinajstić information content (AvgIpc) is 2.99. The van der Waals surface area contributed by atoms with E-state index in [1.165, 1.54) is 16.7 Å². The molecule has 0 radical (unpaired) electrons. The number of phenolic OH excluding ortho intramolecular Hbond substituents is 2. The second kappa shape index (κ2) is 6.38. The first-order chi connectivity index (χ1) is 14.0. The zero-order valence-corrected chi connectivity index (χ0v) is 16.7. The third-order valence-corrected chi connectivity index (χ3v) is 6.49. The number of allylic oxidation sites excluding steroid dienone is 4. The van der Waals surface area contributed by atoms with Gasteiger partial charge in [-0.3, -0.25) is 0 Å². The minimum Gasteiger partial charge on any atom is -0.508 e. The smallest absolute Gasteiger partial charge is 0.115 e. The lowest BCUT2D eigenvalue weighted by Gasteiger charge is -2.40. The van der Waals surface area contributed by atoms with E-state index in [-0.39, 0.29) is 17.4 Å². The zero-order chi connectivity index (χ0) is 20.2. The van der Waals surface area contributed by atoms with Crippen molar-refractivity contribution in [3.05, 3.63) is 107 Å². The summed E-state index contributed by atoms with van der Waals surface area (Å²) in [7, 11) is 0. The Labute approximate surface area is 171 Å². The van der Waals surface area contributed by atoms with E-state index >= 15 is 0 Å². The van der Waals surface area contributed by atoms with E-state index < -0.39 is 5.41 Å². The molecule has 0 bridgehead atoms. The summed E-state index contributed by atoms with van der Waals surface area (Å²) >= 11 is 0. The van der Waals surface area contributed by atoms with Crippen molar-refractivity contribution in [2.24, 2.45) is 5.92 Å². The number of fused-ring (bicyclic) bond motifs is 3. The van der Waals surface area contributed by atoms with E-state index in [2.05, 4.69) is 56.3 Å². The molecule has 0 aromatic heterocycles. The summed E-state index contributed by atoms with van der Waals surface area (Å²) in [5.41, 5.74) is 7.64. The van der Waals surface area contributed by atoms with Crippen LogP contribution in [0.5, 0.6) is 11.5 Å². The average molecular weight is 380 g/mol. The fourth-order valence-corrected chi connectivity index (χ4v) is 5.12. The molecule has 0 saturated heterocycles. The maximum Gasteiger partial charge on any atom is 0.115 e. The number of aromatic hydroxyl groups is 2. The molecule has 5 rings (SSSR count). The van der Waals surface area contributed by atoms with Crippen molar-refractivity contribution in [1.29, 1.82) is 0 Å². The van der Waals surface area contributed by atoms with Gasteiger partial charge in [-0.2, -0.15) is 0 Å². The third kappa shape index (κ3) is 2.56. The number of hydrogen-bond acceptors (Lipinski definition) is 2. The van der Waals surface area contributed by atoms with Crippen LogP contribution < -0.4 is 0 Å². The summed E-state index contributed by atoms with van der Waals surface area (Å²) in [6, 6.07) is 20.0. The molecule has 2 heteroatoms. The highest BCUT2D eigenvalue weighted by Gasteiger charge is 2.49. The minimum atomic E-state index is -0.469. The van der Waals surface area contributed by atoms with Gasteiger partial charge in [0.2, 0.25) is 0 Å². The van der Waals surface area contributed by atoms with Gasteiger partial charge >= 0.3 is 0 Å². The fraction of sp³-hybridized carbons (Fsp3) is 0.185. The summed E-state index contributed by atoms with van der Waals surface area (Å²) < 4.78 is 0. The van der Waals surface area contributed by atoms with Crippen LogP contribution in [0.15, 0.2) is 84.5 Å². The highest BCUT2D eigenvalue weighted by atomic mass is 16.3. The van der Waals surface area contributed by atoms with Gasteiger partial charge < -0.3 is 10.2 Å². The molecule has 2 nitrogen and oxygen atoms in total. The molecule has 0 spiro atoms. The maximum absolute atomic E-state index is 10.4. The minimum absolute atomic E-state index is 0.178. The van der Waals surface area contributed by atoms with Gasteiger partial charge in [-0.25, -0.2) is 0 Å². The molecular formula is C27H24O2. The first kappa shape index (κ1) is 17.8. The molecule has 2 aliphatic carbocycles. The van der Waals surface area contributed by atoms with E-state index in [4.69, 9.17) is 0 Å². The lowest BCUT2D eigenvalue weighted by atomic mass is 9.62. The van der Waals surface area contributed by atoms with E-state index in [1.807, 2.05) is 24.3 Å². The van der Waals surface area contributed by atoms with Gasteiger partial charge in [0.05, 0.1) is 5.41 Å². The van der Waals surface area contributed by atoms with E-state index in [9.17, 15) is 10.2 Å². The third-order valence-electron chi connectivity index (χ3n) is 6.49. The molecule has 0 amide bonds. The fourth-order valence-electron chi connectivity index (χ4n) is 5.12. The lowest BCUT2D eigenvalue weighted by Crippen LogP contribution is -2.35. The van der Waals surface area contributed by atoms with Crippen molar-refractivity contribution >= 4 is 0 Å². The maximum atomic E-state index is 10.4. The quantitative estimate of drug-likeness (QED) is 0.552. The highest BCUT2D eigenvalue weighted by Crippen LogP contribution is 2.59. The molecule has 3 aromatic rings. The van der Waals surface area contributed by atoms with Crippen molar-refractivity contribution in [3.63, 3.8) is 0 Å². The van der Waals surface area contributed by atoms with Gasteiger partial charge in [0.25, 0.3) is 0 Å². The molecule has 0 heterocycles. The van der Waals surface area contributed by atoms with Crippen molar-refractivity contribution in [1.82, 2.24) is 0 Å². The van der Waals surface area contributed by atoms with Crippen LogP contribution in [-0.4, -0.2) is 10.2 Å². The van der Waals surface area contributed by atoms with Crippen molar-refractivity contribution in [2.45, 2.75) is 25.7 Å². The topological polar surface area (TPSA) is 40.5 Å². The highest BCUT2D eigenvalue weighted by molar-refractivity contribution is 5.85. The van der Waals surface area contributed by atoms with Gasteiger partial charge in [-0.1, -0.05) is 65.8 Å². The van der Waals surface area contributed by atoms with Crippen molar-refractivity contribution in [3.8, 4) is 22.6 Å². The lowest BCUT2D eigenvalue weighted by molar-refractivity contribution is 0.440. The van der Waals surface area contributed by atoms with Crippen molar-refractivity contribution in [2.75, 3.05) is 0 Å². The van der Waals surface area contributed by atoms with Crippen LogP contribution in [0.25, 0.3) is 11.1 Å². The Morgan fingerprint density at radius 3 is 1.90 bits per heavy atom. The van der Waals surface area contributed by atoms with Gasteiger partial charge in [-0.05, 0) is 78.3 Å². The molecule has 0 aliphatic heterocycles. The number of phenols is 2. The van der Waals surface area contributed by atoms with Gasteiger partial charge in [0, 0.05) is 0 Å². The zero-order valence-electron chi connectivity index (χ0n) is 16.7. The standard InChI is InChI=1S/C27H24O2/c1-17-3-7-19(8-4-17)27(20-9-5-18(2)6-10-20)25-15-21(28)11-13-23(25)24-14-12-22(29)16-26(24)27/h3-9,11-16,20,28-29H,10H2,1-2H3. The number of rotatable bonds is 2. The Bertz CT molecular complexity index is 1110. The first-order valence-corrected chi connectivity index (χ1v) is 10.1. The Kier molecular flexibility index (Phi) is 3.92. The van der Waals surface area contributed by atoms with E-state index in [1.54, 1.807) is 12.1 Å². The normalized spacial score (nSPS) is 18.8. The summed E-state index contributed by atoms with van der Waals surface area (Å²) in [6.45, 7) is 4.22. The van der Waals surface area contributed by atoms with Crippen LogP contribution in [0.4, 0.5) is 0 Å². The van der Waals surface area contributed by atoms with Crippen LogP contribution in [0, 0.1) is 12.8 Å². The molecule has 1 atom stereocenters. The molecule has 2 N–H and O–H groups in total. The summed E-state index contributed by atoms with van der Waals surface area (Å²) in [6.07, 6.45) is 7.67. The Balaban J connectivity index is 1.90. The summed E-state index contributed by atoms with van der Waals surface area (Å²) in [4.78, 5) is 0. The Hall–Kier alpha value is -3.26. The molecule has 29 heavy (non-hydrogen) atoms. The molecule has 144 valence electrons. The van der Waals surface area contributed by atoms with Gasteiger partial charge in [0.15, 0.2) is 0 Å². The molecule has 0 fully saturated rings. The van der Waals surface area contributed by atoms with Crippen molar-refractivity contribution < 1.29 is 10.2 Å². The number of benzene rings is 3. The molecule has 0 saturated carbocycles. The van der Waals surface area contributed by atoms with Crippen LogP contribution in [-0.2, 0) is 5.41 Å². The number of hydrogen-bond donors (Lipinski definition) is 2. The predicted molar refractivity (Wildman–Crippen MR) is 117 cm³/mol. The van der Waals surface area contributed by atoms with Gasteiger partial charge in [-0.15, -0.1) is 0 Å². The molecule has 1 unspecified atom stereocenters. The van der Waals surface area contributed by atoms with E-state index in [0.717, 1.165) is 28.7 Å². The Morgan fingerprint density at radius 1 is 0.793 bits per heavy atom. The Morgan fingerprint density at radius 2 is 1.38 bits per heavy atom. The monoisotopic (exact) mass is 380 g/mol. The second-order valence-corrected chi connectivity index (χ2v) is 8.28. The van der Waals surface area contributed by atoms with Crippen LogP contribution in [0.3, 0.4) is 0 Å². The van der Waals surface area contributed by atoms with Crippen LogP contribution >= 0.6 is 0 Å². The number of aryl methyl sites for hydroxylation is 1. The van der Waals surface area contributed by atoms with Gasteiger partial charge in [0.1, 0.15) is 11.5 Å². The summed E-state index contributed by atoms with van der Waals surface area (Å²) in [5, 5.41) is 20.8. The summed E-state index contributed by atoms with van der Waals surface area (Å²) in [5.74, 6) is 0.713. The predicted octanol–water partition coefficient (Wildman–Crippen LogP) is 6.24. The van der Waals surface area contributed by atoms with Crippen LogP contribution in [0.2, 0.25) is 0 Å². The largest absolute Gasteiger partial charge is 0.508 e. The first-order valence-electron chi connectivity index (χ1n) is 10.1. The van der Waals surface area contributed by atoms with E-state index in [0.29, 0.717) is 0 Å². The molecule has 2 aliphatic rings. The molecular weight excluding hydrogens is 356 g/mol. The van der Waals surface area contributed by atoms with Crippen LogP contribution in [0.1, 0.15) is 35.6 Å². The molecule has 3 aromatic carbocycles. The second-order valence-electron chi connectivity index (χ2n) is 8.28. The SMILES string of the molecule is CC1=CCC(C2(c3ccc(C)cc3)c3cc(O)ccc3-c3ccc(O)cc32)C=C1.